The highest BCUT2D eigenvalue weighted by Gasteiger charge is 2.09. The van der Waals surface area contributed by atoms with Gasteiger partial charge in [-0.2, -0.15) is 0 Å². The Morgan fingerprint density at radius 3 is 2.75 bits per heavy atom. The number of hydrogen-bond acceptors (Lipinski definition) is 3. The highest BCUT2D eigenvalue weighted by molar-refractivity contribution is 6.30. The van der Waals surface area contributed by atoms with Gasteiger partial charge in [0.15, 0.2) is 0 Å². The number of nitrogens with zero attached hydrogens (tertiary/aromatic N) is 1. The van der Waals surface area contributed by atoms with Crippen LogP contribution in [0.15, 0.2) is 35.0 Å². The first-order valence-electron chi connectivity index (χ1n) is 5.15. The fourth-order valence-electron chi connectivity index (χ4n) is 1.55. The van der Waals surface area contributed by atoms with Crippen LogP contribution in [0.1, 0.15) is 5.76 Å². The van der Waals surface area contributed by atoms with Crippen LogP contribution < -0.4 is 5.32 Å². The molecule has 4 heteroatoms. The van der Waals surface area contributed by atoms with E-state index >= 15 is 0 Å². The minimum atomic E-state index is 0.733. The van der Waals surface area contributed by atoms with Gasteiger partial charge < -0.3 is 9.84 Å². The Hall–Kier alpha value is -1.32. The summed E-state index contributed by atoms with van der Waals surface area (Å²) in [5.74, 6) is 0.900. The second-order valence-electron chi connectivity index (χ2n) is 3.52. The molecule has 16 heavy (non-hydrogen) atoms. The lowest BCUT2D eigenvalue weighted by molar-refractivity contribution is 0.382. The van der Waals surface area contributed by atoms with E-state index in [1.807, 2.05) is 31.3 Å². The molecule has 1 aromatic carbocycles. The van der Waals surface area contributed by atoms with Gasteiger partial charge in [0.25, 0.3) is 0 Å². The number of likely N-dealkylation sites (N-methyl/N-ethyl adjacent to an activating group) is 1. The van der Waals surface area contributed by atoms with Crippen LogP contribution in [0.25, 0.3) is 11.1 Å². The molecule has 1 aromatic heterocycles. The van der Waals surface area contributed by atoms with Crippen molar-refractivity contribution in [3.8, 4) is 11.1 Å². The Balaban J connectivity index is 2.26. The van der Waals surface area contributed by atoms with E-state index in [1.165, 1.54) is 0 Å². The molecule has 0 bridgehead atoms. The van der Waals surface area contributed by atoms with Crippen molar-refractivity contribution in [2.45, 2.75) is 6.42 Å². The Morgan fingerprint density at radius 1 is 1.31 bits per heavy atom. The maximum Gasteiger partial charge on any atom is 0.145 e. The third kappa shape index (κ3) is 2.43. The molecule has 0 spiro atoms. The fraction of sp³-hybridized carbons (Fsp3) is 0.250. The van der Waals surface area contributed by atoms with E-state index in [-0.39, 0.29) is 0 Å². The normalized spacial score (nSPS) is 10.6. The van der Waals surface area contributed by atoms with Crippen molar-refractivity contribution in [2.24, 2.45) is 0 Å². The number of hydrogen-bond donors (Lipinski definition) is 1. The maximum atomic E-state index is 5.85. The molecule has 0 atom stereocenters. The van der Waals surface area contributed by atoms with Gasteiger partial charge in [-0.1, -0.05) is 28.9 Å². The van der Waals surface area contributed by atoms with E-state index in [2.05, 4.69) is 10.5 Å². The molecule has 2 rings (SSSR count). The molecule has 0 saturated heterocycles. The number of rotatable bonds is 4. The van der Waals surface area contributed by atoms with Crippen molar-refractivity contribution in [1.82, 2.24) is 10.5 Å². The van der Waals surface area contributed by atoms with Crippen LogP contribution in [-0.2, 0) is 6.42 Å². The third-order valence-corrected chi connectivity index (χ3v) is 2.65. The van der Waals surface area contributed by atoms with Gasteiger partial charge in [-0.15, -0.1) is 0 Å². The molecule has 0 radical (unpaired) electrons. The van der Waals surface area contributed by atoms with E-state index in [4.69, 9.17) is 16.1 Å². The Labute approximate surface area is 99.4 Å². The summed E-state index contributed by atoms with van der Waals surface area (Å²) in [6, 6.07) is 7.67. The van der Waals surface area contributed by atoms with Crippen LogP contribution in [0.5, 0.6) is 0 Å². The summed E-state index contributed by atoms with van der Waals surface area (Å²) in [5.41, 5.74) is 2.11. The topological polar surface area (TPSA) is 38.1 Å². The first-order valence-corrected chi connectivity index (χ1v) is 5.53. The molecule has 0 amide bonds. The zero-order chi connectivity index (χ0) is 11.4. The van der Waals surface area contributed by atoms with Gasteiger partial charge in [0.05, 0.1) is 6.20 Å². The summed E-state index contributed by atoms with van der Waals surface area (Å²) in [6.07, 6.45) is 2.57. The largest absolute Gasteiger partial charge is 0.361 e. The molecule has 84 valence electrons. The molecule has 0 saturated carbocycles. The van der Waals surface area contributed by atoms with Crippen LogP contribution in [0, 0.1) is 0 Å². The number of halogens is 1. The van der Waals surface area contributed by atoms with Gasteiger partial charge in [0.2, 0.25) is 0 Å². The predicted molar refractivity (Wildman–Crippen MR) is 64.6 cm³/mol. The summed E-state index contributed by atoms with van der Waals surface area (Å²) in [6.45, 7) is 0.871. The van der Waals surface area contributed by atoms with Crippen LogP contribution in [0.4, 0.5) is 0 Å². The maximum absolute atomic E-state index is 5.85. The molecule has 0 aliphatic rings. The van der Waals surface area contributed by atoms with Gasteiger partial charge in [-0.3, -0.25) is 0 Å². The lowest BCUT2D eigenvalue weighted by Gasteiger charge is -2.01. The summed E-state index contributed by atoms with van der Waals surface area (Å²) in [7, 11) is 1.92. The zero-order valence-electron chi connectivity index (χ0n) is 9.03. The fourth-order valence-corrected chi connectivity index (χ4v) is 1.67. The summed E-state index contributed by atoms with van der Waals surface area (Å²) in [4.78, 5) is 0. The standard InChI is InChI=1S/C12H13ClN2O/c1-14-7-6-12-11(8-15-16-12)9-2-4-10(13)5-3-9/h2-5,8,14H,6-7H2,1H3. The second-order valence-corrected chi connectivity index (χ2v) is 3.96. The van der Waals surface area contributed by atoms with Gasteiger partial charge in [0.1, 0.15) is 5.76 Å². The van der Waals surface area contributed by atoms with Gasteiger partial charge >= 0.3 is 0 Å². The SMILES string of the molecule is CNCCc1oncc1-c1ccc(Cl)cc1. The Kier molecular flexibility index (Phi) is 3.59. The number of benzene rings is 1. The third-order valence-electron chi connectivity index (χ3n) is 2.40. The van der Waals surface area contributed by atoms with Crippen molar-refractivity contribution in [3.63, 3.8) is 0 Å². The van der Waals surface area contributed by atoms with E-state index in [1.54, 1.807) is 6.20 Å². The molecule has 1 N–H and O–H groups in total. The van der Waals surface area contributed by atoms with Crippen LogP contribution >= 0.6 is 11.6 Å². The quantitative estimate of drug-likeness (QED) is 0.887. The molecule has 0 aliphatic carbocycles. The molecule has 1 heterocycles. The average molecular weight is 237 g/mol. The molecule has 0 aliphatic heterocycles. The van der Waals surface area contributed by atoms with Crippen LogP contribution in [-0.4, -0.2) is 18.7 Å². The minimum Gasteiger partial charge on any atom is -0.361 e. The lowest BCUT2D eigenvalue weighted by atomic mass is 10.1. The summed E-state index contributed by atoms with van der Waals surface area (Å²) in [5, 5.41) is 7.66. The molecular formula is C12H13ClN2O. The van der Waals surface area contributed by atoms with Crippen molar-refractivity contribution in [2.75, 3.05) is 13.6 Å². The smallest absolute Gasteiger partial charge is 0.145 e. The molecular weight excluding hydrogens is 224 g/mol. The van der Waals surface area contributed by atoms with Crippen molar-refractivity contribution < 1.29 is 4.52 Å². The Bertz CT molecular complexity index is 450. The Morgan fingerprint density at radius 2 is 2.06 bits per heavy atom. The van der Waals surface area contributed by atoms with Crippen molar-refractivity contribution in [1.29, 1.82) is 0 Å². The monoisotopic (exact) mass is 236 g/mol. The van der Waals surface area contributed by atoms with Gasteiger partial charge in [0, 0.05) is 23.6 Å². The summed E-state index contributed by atoms with van der Waals surface area (Å²) >= 11 is 5.85. The van der Waals surface area contributed by atoms with Crippen molar-refractivity contribution >= 4 is 11.6 Å². The minimum absolute atomic E-state index is 0.733. The predicted octanol–water partition coefficient (Wildman–Crippen LogP) is 2.76. The van der Waals surface area contributed by atoms with E-state index in [9.17, 15) is 0 Å². The molecule has 0 unspecified atom stereocenters. The first kappa shape index (κ1) is 11.2. The van der Waals surface area contributed by atoms with E-state index in [0.29, 0.717) is 0 Å². The second kappa shape index (κ2) is 5.14. The zero-order valence-corrected chi connectivity index (χ0v) is 9.79. The molecule has 3 nitrogen and oxygen atoms in total. The highest BCUT2D eigenvalue weighted by Crippen LogP contribution is 2.25. The first-order chi connectivity index (χ1) is 7.81. The lowest BCUT2D eigenvalue weighted by Crippen LogP contribution is -2.10. The number of nitrogens with one attached hydrogen (secondary N) is 1. The van der Waals surface area contributed by atoms with Crippen molar-refractivity contribution in [3.05, 3.63) is 41.2 Å². The van der Waals surface area contributed by atoms with E-state index < -0.39 is 0 Å². The highest BCUT2D eigenvalue weighted by atomic mass is 35.5. The van der Waals surface area contributed by atoms with Crippen LogP contribution in [0.2, 0.25) is 5.02 Å². The average Bonchev–Trinajstić information content (AvgIpc) is 2.75. The van der Waals surface area contributed by atoms with E-state index in [0.717, 1.165) is 34.9 Å². The summed E-state index contributed by atoms with van der Waals surface area (Å²) < 4.78 is 5.23. The number of aromatic nitrogens is 1. The van der Waals surface area contributed by atoms with Crippen LogP contribution in [0.3, 0.4) is 0 Å². The molecule has 2 aromatic rings. The van der Waals surface area contributed by atoms with Gasteiger partial charge in [-0.05, 0) is 24.7 Å². The van der Waals surface area contributed by atoms with Gasteiger partial charge in [-0.25, -0.2) is 0 Å². The molecule has 0 fully saturated rings.